The zero-order chi connectivity index (χ0) is 21.6. The van der Waals surface area contributed by atoms with Crippen LogP contribution in [0.4, 0.5) is 4.79 Å². The summed E-state index contributed by atoms with van der Waals surface area (Å²) in [6.45, 7) is 0.133. The lowest BCUT2D eigenvalue weighted by Gasteiger charge is -2.43. The summed E-state index contributed by atoms with van der Waals surface area (Å²) in [4.78, 5) is 24.9. The van der Waals surface area contributed by atoms with E-state index in [0.29, 0.717) is 0 Å². The summed E-state index contributed by atoms with van der Waals surface area (Å²) in [6, 6.07) is 16.1. The first kappa shape index (κ1) is 20.2. The number of carbonyl (C=O) groups excluding carboxylic acids is 1. The number of aliphatic carboxylic acids is 1. The van der Waals surface area contributed by atoms with Crippen molar-refractivity contribution in [3.05, 3.63) is 59.7 Å². The molecular formula is C24H25NO5S. The van der Waals surface area contributed by atoms with Crippen LogP contribution < -0.4 is 5.32 Å². The number of rotatable bonds is 4. The van der Waals surface area contributed by atoms with E-state index in [-0.39, 0.29) is 35.9 Å². The van der Waals surface area contributed by atoms with E-state index in [1.54, 1.807) is 0 Å². The second-order valence-corrected chi connectivity index (χ2v) is 10.7. The van der Waals surface area contributed by atoms with Crippen molar-refractivity contribution >= 4 is 22.9 Å². The summed E-state index contributed by atoms with van der Waals surface area (Å²) >= 11 is 0. The molecule has 6 nitrogen and oxygen atoms in total. The number of carbonyl (C=O) groups is 2. The van der Waals surface area contributed by atoms with Crippen molar-refractivity contribution in [3.8, 4) is 11.1 Å². The quantitative estimate of drug-likeness (QED) is 0.756. The molecule has 1 aliphatic carbocycles. The minimum Gasteiger partial charge on any atom is -0.480 e. The van der Waals surface area contributed by atoms with Gasteiger partial charge >= 0.3 is 12.1 Å². The van der Waals surface area contributed by atoms with Crippen LogP contribution in [0, 0.1) is 0 Å². The van der Waals surface area contributed by atoms with Gasteiger partial charge in [0.25, 0.3) is 0 Å². The molecule has 2 N–H and O–H groups in total. The third-order valence-electron chi connectivity index (χ3n) is 6.96. The van der Waals surface area contributed by atoms with Gasteiger partial charge in [0.1, 0.15) is 12.1 Å². The number of ether oxygens (including phenoxy) is 1. The van der Waals surface area contributed by atoms with Crippen molar-refractivity contribution in [2.45, 2.75) is 54.1 Å². The lowest BCUT2D eigenvalue weighted by Crippen LogP contribution is -2.62. The molecule has 2 bridgehead atoms. The van der Waals surface area contributed by atoms with Gasteiger partial charge in [-0.3, -0.25) is 4.21 Å². The molecule has 2 heterocycles. The normalized spacial score (nSPS) is 29.0. The minimum absolute atomic E-state index is 0.0860. The molecular weight excluding hydrogens is 414 g/mol. The fourth-order valence-electron chi connectivity index (χ4n) is 5.47. The summed E-state index contributed by atoms with van der Waals surface area (Å²) in [5.41, 5.74) is 3.07. The van der Waals surface area contributed by atoms with Gasteiger partial charge in [-0.2, -0.15) is 0 Å². The highest BCUT2D eigenvalue weighted by Gasteiger charge is 2.52. The molecule has 2 aliphatic heterocycles. The highest BCUT2D eigenvalue weighted by molar-refractivity contribution is 7.86. The molecule has 2 unspecified atom stereocenters. The summed E-state index contributed by atoms with van der Waals surface area (Å²) in [5, 5.41) is 12.2. The van der Waals surface area contributed by atoms with Gasteiger partial charge in [-0.25, -0.2) is 9.59 Å². The molecule has 5 rings (SSSR count). The molecule has 2 fully saturated rings. The molecule has 31 heavy (non-hydrogen) atoms. The molecule has 1 amide bonds. The third-order valence-corrected chi connectivity index (χ3v) is 9.07. The van der Waals surface area contributed by atoms with E-state index < -0.39 is 28.4 Å². The van der Waals surface area contributed by atoms with Gasteiger partial charge in [0.15, 0.2) is 0 Å². The number of hydrogen-bond acceptors (Lipinski definition) is 4. The number of fused-ring (bicyclic) bond motifs is 5. The van der Waals surface area contributed by atoms with Crippen molar-refractivity contribution < 1.29 is 23.6 Å². The predicted molar refractivity (Wildman–Crippen MR) is 117 cm³/mol. The van der Waals surface area contributed by atoms with Crippen molar-refractivity contribution in [1.82, 2.24) is 5.32 Å². The molecule has 0 spiro atoms. The Hall–Kier alpha value is -2.67. The van der Waals surface area contributed by atoms with Crippen LogP contribution in [-0.4, -0.2) is 44.0 Å². The average molecular weight is 440 g/mol. The molecule has 7 heteroatoms. The summed E-state index contributed by atoms with van der Waals surface area (Å²) in [6.07, 6.45) is 2.09. The summed E-state index contributed by atoms with van der Waals surface area (Å²) in [5.74, 6) is -1.16. The van der Waals surface area contributed by atoms with Crippen LogP contribution in [0.5, 0.6) is 0 Å². The van der Waals surface area contributed by atoms with Crippen molar-refractivity contribution in [2.24, 2.45) is 0 Å². The lowest BCUT2D eigenvalue weighted by atomic mass is 9.82. The van der Waals surface area contributed by atoms with Gasteiger partial charge in [0.2, 0.25) is 0 Å². The van der Waals surface area contributed by atoms with Crippen LogP contribution in [0.1, 0.15) is 49.1 Å². The number of nitrogens with one attached hydrogen (secondary N) is 1. The highest BCUT2D eigenvalue weighted by Crippen LogP contribution is 2.44. The van der Waals surface area contributed by atoms with Crippen molar-refractivity contribution in [3.63, 3.8) is 0 Å². The van der Waals surface area contributed by atoms with E-state index in [4.69, 9.17) is 4.74 Å². The van der Waals surface area contributed by atoms with Crippen LogP contribution in [0.2, 0.25) is 0 Å². The SMILES string of the molecule is O=C(NC1(C(=O)O)CC2CCCC(C1)S2=O)OCC1c2ccccc2-c2ccccc21. The molecule has 0 saturated carbocycles. The van der Waals surface area contributed by atoms with Crippen molar-refractivity contribution in [1.29, 1.82) is 0 Å². The number of carboxylic acid groups (broad SMARTS) is 1. The number of alkyl carbamates (subject to hydrolysis) is 1. The number of amides is 1. The Morgan fingerprint density at radius 1 is 1.00 bits per heavy atom. The van der Waals surface area contributed by atoms with Crippen LogP contribution in [0.15, 0.2) is 48.5 Å². The van der Waals surface area contributed by atoms with E-state index in [1.807, 2.05) is 36.4 Å². The number of benzene rings is 2. The fraction of sp³-hybridized carbons (Fsp3) is 0.417. The molecule has 2 atom stereocenters. The topological polar surface area (TPSA) is 92.7 Å². The first-order chi connectivity index (χ1) is 15.0. The van der Waals surface area contributed by atoms with E-state index in [0.717, 1.165) is 41.5 Å². The van der Waals surface area contributed by atoms with Crippen LogP contribution in [0.3, 0.4) is 0 Å². The standard InChI is InChI=1S/C24H25NO5S/c26-22(27)24(12-15-6-5-7-16(13-24)31(15)29)25-23(28)30-14-21-19-10-3-1-8-17(19)18-9-2-4-11-20(18)21/h1-4,8-11,15-16,21H,5-7,12-14H2,(H,25,28)(H,26,27). The lowest BCUT2D eigenvalue weighted by molar-refractivity contribution is -0.145. The molecule has 162 valence electrons. The van der Waals surface area contributed by atoms with Gasteiger partial charge in [0.05, 0.1) is 0 Å². The summed E-state index contributed by atoms with van der Waals surface area (Å²) < 4.78 is 18.1. The zero-order valence-electron chi connectivity index (χ0n) is 17.1. The monoisotopic (exact) mass is 439 g/mol. The van der Waals surface area contributed by atoms with Crippen LogP contribution in [-0.2, 0) is 20.3 Å². The maximum atomic E-state index is 12.7. The van der Waals surface area contributed by atoms with Crippen molar-refractivity contribution in [2.75, 3.05) is 6.61 Å². The second-order valence-electron chi connectivity index (χ2n) is 8.75. The fourth-order valence-corrected chi connectivity index (χ4v) is 7.71. The number of hydrogen-bond donors (Lipinski definition) is 2. The predicted octanol–water partition coefficient (Wildman–Crippen LogP) is 3.81. The molecule has 2 aromatic carbocycles. The van der Waals surface area contributed by atoms with E-state index in [2.05, 4.69) is 17.4 Å². The maximum Gasteiger partial charge on any atom is 0.408 e. The Balaban J connectivity index is 1.32. The van der Waals surface area contributed by atoms with Gasteiger partial charge in [-0.1, -0.05) is 55.0 Å². The zero-order valence-corrected chi connectivity index (χ0v) is 17.9. The van der Waals surface area contributed by atoms with Gasteiger partial charge < -0.3 is 15.2 Å². The minimum atomic E-state index is -1.41. The Morgan fingerprint density at radius 2 is 1.55 bits per heavy atom. The van der Waals surface area contributed by atoms with Crippen LogP contribution in [0.25, 0.3) is 11.1 Å². The van der Waals surface area contributed by atoms with E-state index in [1.165, 1.54) is 0 Å². The highest BCUT2D eigenvalue weighted by atomic mass is 32.2. The first-order valence-electron chi connectivity index (χ1n) is 10.7. The van der Waals surface area contributed by atoms with E-state index >= 15 is 0 Å². The third kappa shape index (κ3) is 3.45. The summed E-state index contributed by atoms with van der Waals surface area (Å²) in [7, 11) is -1.02. The first-order valence-corrected chi connectivity index (χ1v) is 12.0. The Bertz CT molecular complexity index is 1010. The average Bonchev–Trinajstić information content (AvgIpc) is 3.07. The molecule has 0 radical (unpaired) electrons. The largest absolute Gasteiger partial charge is 0.480 e. The second kappa shape index (κ2) is 7.79. The van der Waals surface area contributed by atoms with Gasteiger partial charge in [-0.15, -0.1) is 0 Å². The van der Waals surface area contributed by atoms with E-state index in [9.17, 15) is 18.9 Å². The molecule has 3 aliphatic rings. The Labute approximate surface area is 183 Å². The van der Waals surface area contributed by atoms with Gasteiger partial charge in [0, 0.05) is 27.2 Å². The maximum absolute atomic E-state index is 12.7. The smallest absolute Gasteiger partial charge is 0.408 e. The van der Waals surface area contributed by atoms with Crippen LogP contribution >= 0.6 is 0 Å². The molecule has 2 aromatic rings. The Morgan fingerprint density at radius 3 is 2.10 bits per heavy atom. The number of carboxylic acids is 1. The molecule has 0 aromatic heterocycles. The Kier molecular flexibility index (Phi) is 5.08. The molecule has 2 saturated heterocycles. The van der Waals surface area contributed by atoms with Gasteiger partial charge in [-0.05, 0) is 47.9 Å².